The normalized spacial score (nSPS) is 17.6. The van der Waals surface area contributed by atoms with Gasteiger partial charge >= 0.3 is 0 Å². The molecule has 1 atom stereocenters. The summed E-state index contributed by atoms with van der Waals surface area (Å²) in [6.45, 7) is 9.98. The Hall–Kier alpha value is -3.12. The van der Waals surface area contributed by atoms with E-state index in [1.54, 1.807) is 11.0 Å². The molecule has 0 aromatic heterocycles. The van der Waals surface area contributed by atoms with Crippen LogP contribution in [-0.4, -0.2) is 60.4 Å². The maximum Gasteiger partial charge on any atom is 0.295 e. The Balaban J connectivity index is 2.04. The van der Waals surface area contributed by atoms with Crippen LogP contribution in [0.3, 0.4) is 0 Å². The minimum absolute atomic E-state index is 0.138. The molecule has 1 heterocycles. The molecule has 0 aliphatic carbocycles. The third-order valence-electron chi connectivity index (χ3n) is 6.27. The molecule has 0 spiro atoms. The summed E-state index contributed by atoms with van der Waals surface area (Å²) in [4.78, 5) is 30.0. The second-order valence-corrected chi connectivity index (χ2v) is 9.93. The highest BCUT2D eigenvalue weighted by atomic mass is 16.5. The van der Waals surface area contributed by atoms with Gasteiger partial charge in [-0.3, -0.25) is 9.59 Å². The number of aliphatic hydroxyl groups excluding tert-OH is 1. The van der Waals surface area contributed by atoms with Crippen LogP contribution >= 0.6 is 0 Å². The molecular formula is C29H38N2O4. The lowest BCUT2D eigenvalue weighted by Crippen LogP contribution is -2.32. The van der Waals surface area contributed by atoms with E-state index in [2.05, 4.69) is 20.8 Å². The molecular weight excluding hydrogens is 440 g/mol. The van der Waals surface area contributed by atoms with Gasteiger partial charge in [-0.25, -0.2) is 0 Å². The van der Waals surface area contributed by atoms with E-state index in [1.807, 2.05) is 62.3 Å². The largest absolute Gasteiger partial charge is 0.507 e. The van der Waals surface area contributed by atoms with Crippen LogP contribution in [0.5, 0.6) is 5.75 Å². The molecule has 188 valence electrons. The van der Waals surface area contributed by atoms with Crippen molar-refractivity contribution in [3.8, 4) is 5.75 Å². The maximum atomic E-state index is 13.2. The number of likely N-dealkylation sites (tertiary alicyclic amines) is 1. The van der Waals surface area contributed by atoms with E-state index in [-0.39, 0.29) is 11.3 Å². The van der Waals surface area contributed by atoms with Crippen LogP contribution in [0.1, 0.15) is 55.5 Å². The van der Waals surface area contributed by atoms with Crippen LogP contribution < -0.4 is 4.74 Å². The second-order valence-electron chi connectivity index (χ2n) is 9.93. The summed E-state index contributed by atoms with van der Waals surface area (Å²) in [6.07, 6.45) is 1.62. The fourth-order valence-corrected chi connectivity index (χ4v) is 4.32. The summed E-state index contributed by atoms with van der Waals surface area (Å²) in [5.74, 6) is -0.226. The summed E-state index contributed by atoms with van der Waals surface area (Å²) in [5.41, 5.74) is 3.49. The van der Waals surface area contributed by atoms with Crippen LogP contribution in [0.15, 0.2) is 48.0 Å². The Morgan fingerprint density at radius 3 is 2.37 bits per heavy atom. The van der Waals surface area contributed by atoms with E-state index >= 15 is 0 Å². The highest BCUT2D eigenvalue weighted by Crippen LogP contribution is 2.40. The number of aryl methyl sites for hydroxylation is 2. The molecule has 1 aliphatic rings. The molecule has 35 heavy (non-hydrogen) atoms. The van der Waals surface area contributed by atoms with Crippen molar-refractivity contribution in [1.82, 2.24) is 9.80 Å². The smallest absolute Gasteiger partial charge is 0.295 e. The van der Waals surface area contributed by atoms with Crippen molar-refractivity contribution >= 4 is 17.4 Å². The average molecular weight is 479 g/mol. The molecule has 0 unspecified atom stereocenters. The molecule has 6 nitrogen and oxygen atoms in total. The maximum absolute atomic E-state index is 13.2. The van der Waals surface area contributed by atoms with Gasteiger partial charge in [0.25, 0.3) is 11.7 Å². The monoisotopic (exact) mass is 478 g/mol. The van der Waals surface area contributed by atoms with E-state index in [0.29, 0.717) is 24.6 Å². The van der Waals surface area contributed by atoms with Gasteiger partial charge in [0, 0.05) is 12.1 Å². The Morgan fingerprint density at radius 1 is 1.11 bits per heavy atom. The Morgan fingerprint density at radius 2 is 1.80 bits per heavy atom. The van der Waals surface area contributed by atoms with Gasteiger partial charge in [-0.2, -0.15) is 0 Å². The predicted octanol–water partition coefficient (Wildman–Crippen LogP) is 4.97. The summed E-state index contributed by atoms with van der Waals surface area (Å²) in [7, 11) is 3.96. The standard InChI is InChI=1S/C29H38N2O4/c1-7-21-9-11-22(12-10-21)26-25(28(33)29(34)31(26)16-8-15-30(5)6)27(32)23-13-14-24(20(4)17-23)35-18-19(2)3/h9-14,17,19,26,32H,7-8,15-16,18H2,1-6H3/b27-25+/t26-/m0/s1. The first-order valence-electron chi connectivity index (χ1n) is 12.4. The van der Waals surface area contributed by atoms with Crippen LogP contribution in [0.2, 0.25) is 0 Å². The molecule has 6 heteroatoms. The van der Waals surface area contributed by atoms with Gasteiger partial charge < -0.3 is 19.6 Å². The number of benzene rings is 2. The lowest BCUT2D eigenvalue weighted by atomic mass is 9.94. The van der Waals surface area contributed by atoms with Crippen molar-refractivity contribution in [2.75, 3.05) is 33.8 Å². The van der Waals surface area contributed by atoms with Crippen molar-refractivity contribution in [2.45, 2.75) is 46.6 Å². The van der Waals surface area contributed by atoms with Gasteiger partial charge in [-0.1, -0.05) is 45.0 Å². The first-order valence-corrected chi connectivity index (χ1v) is 12.4. The van der Waals surface area contributed by atoms with E-state index in [0.717, 1.165) is 36.3 Å². The first-order chi connectivity index (χ1) is 16.6. The summed E-state index contributed by atoms with van der Waals surface area (Å²) in [5, 5.41) is 11.3. The van der Waals surface area contributed by atoms with Crippen molar-refractivity contribution < 1.29 is 19.4 Å². The predicted molar refractivity (Wildman–Crippen MR) is 140 cm³/mol. The summed E-state index contributed by atoms with van der Waals surface area (Å²) in [6, 6.07) is 12.7. The molecule has 1 fully saturated rings. The second kappa shape index (κ2) is 11.5. The number of carbonyl (C=O) groups is 2. The molecule has 2 aromatic rings. The molecule has 0 radical (unpaired) electrons. The topological polar surface area (TPSA) is 70.1 Å². The lowest BCUT2D eigenvalue weighted by molar-refractivity contribution is -0.139. The van der Waals surface area contributed by atoms with Crippen LogP contribution in [0, 0.1) is 12.8 Å². The molecule has 0 saturated carbocycles. The SMILES string of the molecule is CCc1ccc([C@H]2/C(=C(\O)c3ccc(OCC(C)C)c(C)c3)C(=O)C(=O)N2CCCN(C)C)cc1. The van der Waals surface area contributed by atoms with Crippen molar-refractivity contribution in [1.29, 1.82) is 0 Å². The lowest BCUT2D eigenvalue weighted by Gasteiger charge is -2.26. The molecule has 2 aromatic carbocycles. The van der Waals surface area contributed by atoms with E-state index < -0.39 is 17.7 Å². The van der Waals surface area contributed by atoms with E-state index in [9.17, 15) is 14.7 Å². The highest BCUT2D eigenvalue weighted by molar-refractivity contribution is 6.46. The van der Waals surface area contributed by atoms with Crippen molar-refractivity contribution in [2.24, 2.45) is 5.92 Å². The molecule has 1 saturated heterocycles. The molecule has 0 bridgehead atoms. The zero-order chi connectivity index (χ0) is 25.7. The Labute approximate surface area is 209 Å². The quantitative estimate of drug-likeness (QED) is 0.297. The minimum atomic E-state index is -0.644. The van der Waals surface area contributed by atoms with Crippen molar-refractivity contribution in [3.05, 3.63) is 70.3 Å². The number of Topliss-reactive ketones (excluding diaryl/α,β-unsaturated/α-hetero) is 1. The number of ether oxygens (including phenoxy) is 1. The third-order valence-corrected chi connectivity index (χ3v) is 6.27. The van der Waals surface area contributed by atoms with Gasteiger partial charge in [-0.15, -0.1) is 0 Å². The summed E-state index contributed by atoms with van der Waals surface area (Å²) < 4.78 is 5.86. The highest BCUT2D eigenvalue weighted by Gasteiger charge is 2.45. The first kappa shape index (κ1) is 26.5. The Kier molecular flexibility index (Phi) is 8.73. The molecule has 1 amide bonds. The van der Waals surface area contributed by atoms with Gasteiger partial charge in [0.2, 0.25) is 0 Å². The number of ketones is 1. The van der Waals surface area contributed by atoms with E-state index in [1.165, 1.54) is 5.56 Å². The average Bonchev–Trinajstić information content (AvgIpc) is 3.07. The number of nitrogens with zero attached hydrogens (tertiary/aromatic N) is 2. The minimum Gasteiger partial charge on any atom is -0.507 e. The molecule has 1 aliphatic heterocycles. The van der Waals surface area contributed by atoms with Crippen LogP contribution in [-0.2, 0) is 16.0 Å². The number of rotatable bonds is 10. The molecule has 1 N–H and O–H groups in total. The van der Waals surface area contributed by atoms with Gasteiger partial charge in [0.05, 0.1) is 18.2 Å². The number of amides is 1. The Bertz CT molecular complexity index is 1090. The fourth-order valence-electron chi connectivity index (χ4n) is 4.32. The van der Waals surface area contributed by atoms with E-state index in [4.69, 9.17) is 4.74 Å². The zero-order valence-electron chi connectivity index (χ0n) is 21.8. The third kappa shape index (κ3) is 6.12. The number of hydrogen-bond donors (Lipinski definition) is 1. The number of aliphatic hydroxyl groups is 1. The summed E-state index contributed by atoms with van der Waals surface area (Å²) >= 11 is 0. The van der Waals surface area contributed by atoms with Crippen molar-refractivity contribution in [3.63, 3.8) is 0 Å². The van der Waals surface area contributed by atoms with Gasteiger partial charge in [0.15, 0.2) is 0 Å². The van der Waals surface area contributed by atoms with Gasteiger partial charge in [-0.05, 0) is 81.2 Å². The van der Waals surface area contributed by atoms with Crippen LogP contribution in [0.25, 0.3) is 5.76 Å². The van der Waals surface area contributed by atoms with Crippen LogP contribution in [0.4, 0.5) is 0 Å². The van der Waals surface area contributed by atoms with Gasteiger partial charge in [0.1, 0.15) is 11.5 Å². The number of carbonyl (C=O) groups excluding carboxylic acids is 2. The molecule has 3 rings (SSSR count). The zero-order valence-corrected chi connectivity index (χ0v) is 21.8. The fraction of sp³-hybridized carbons (Fsp3) is 0.448. The number of hydrogen-bond acceptors (Lipinski definition) is 5.